The molecule has 1 aliphatic carbocycles. The predicted molar refractivity (Wildman–Crippen MR) is 135 cm³/mol. The van der Waals surface area contributed by atoms with Crippen molar-refractivity contribution < 1.29 is 27.5 Å². The van der Waals surface area contributed by atoms with Crippen LogP contribution >= 0.6 is 11.6 Å². The summed E-state index contributed by atoms with van der Waals surface area (Å²) in [6, 6.07) is 18.5. The summed E-state index contributed by atoms with van der Waals surface area (Å²) in [5, 5.41) is 3.77. The lowest BCUT2D eigenvalue weighted by molar-refractivity contribution is -0.170. The fraction of sp³-hybridized carbons (Fsp3) is 0.214. The van der Waals surface area contributed by atoms with Crippen molar-refractivity contribution in [3.8, 4) is 5.75 Å². The van der Waals surface area contributed by atoms with E-state index in [0.717, 1.165) is 5.56 Å². The molecule has 9 heteroatoms. The van der Waals surface area contributed by atoms with Crippen LogP contribution in [0.4, 0.5) is 24.5 Å². The minimum absolute atomic E-state index is 0.0379. The van der Waals surface area contributed by atoms with Crippen LogP contribution in [0.1, 0.15) is 35.9 Å². The van der Waals surface area contributed by atoms with Crippen molar-refractivity contribution in [1.82, 2.24) is 0 Å². The summed E-state index contributed by atoms with van der Waals surface area (Å²) in [5.41, 5.74) is 2.24. The Morgan fingerprint density at radius 3 is 2.27 bits per heavy atom. The number of allylic oxidation sites excluding steroid dienone is 1. The number of Topliss-reactive ketones (excluding diaryl/α,β-unsaturated/α-hetero) is 1. The van der Waals surface area contributed by atoms with Crippen LogP contribution in [0.25, 0.3) is 0 Å². The monoisotopic (exact) mass is 526 g/mol. The third-order valence-corrected chi connectivity index (χ3v) is 6.97. The normalized spacial score (nSPS) is 19.5. The number of ether oxygens (including phenoxy) is 1. The van der Waals surface area contributed by atoms with E-state index in [1.54, 1.807) is 54.6 Å². The number of hydrogen-bond donors (Lipinski definition) is 1. The summed E-state index contributed by atoms with van der Waals surface area (Å²) in [6.45, 7) is 0. The molecule has 2 aliphatic rings. The lowest BCUT2D eigenvalue weighted by Gasteiger charge is -2.35. The standard InChI is InChI=1S/C28H22ClF3N2O3/c1-37-20-12-8-17(9-13-20)26-25-22(14-18(15-24(25)35)16-6-10-19(29)11-7-16)33-21-4-2-3-5-23(21)34(26)27(36)28(30,31)32/h2-13,18,26,33H,14-15H2,1H3/t18-,26-/m1/s1. The van der Waals surface area contributed by atoms with Gasteiger partial charge in [0.15, 0.2) is 5.78 Å². The van der Waals surface area contributed by atoms with Gasteiger partial charge >= 0.3 is 12.1 Å². The largest absolute Gasteiger partial charge is 0.497 e. The van der Waals surface area contributed by atoms with Crippen LogP contribution in [-0.4, -0.2) is 25.0 Å². The number of fused-ring (bicyclic) bond motifs is 1. The molecule has 5 rings (SSSR count). The highest BCUT2D eigenvalue weighted by molar-refractivity contribution is 6.30. The van der Waals surface area contributed by atoms with Crippen LogP contribution in [0, 0.1) is 0 Å². The molecule has 2 atom stereocenters. The first kappa shape index (κ1) is 24.9. The van der Waals surface area contributed by atoms with Gasteiger partial charge in [-0.25, -0.2) is 0 Å². The minimum atomic E-state index is -5.16. The number of methoxy groups -OCH3 is 1. The van der Waals surface area contributed by atoms with E-state index in [1.165, 1.54) is 13.2 Å². The molecule has 0 saturated carbocycles. The first-order valence-electron chi connectivity index (χ1n) is 11.6. The molecule has 37 heavy (non-hydrogen) atoms. The smallest absolute Gasteiger partial charge is 0.471 e. The molecule has 190 valence electrons. The Labute approximate surface area is 216 Å². The molecule has 1 N–H and O–H groups in total. The van der Waals surface area contributed by atoms with Crippen LogP contribution in [0.15, 0.2) is 84.1 Å². The summed E-state index contributed by atoms with van der Waals surface area (Å²) < 4.78 is 47.1. The summed E-state index contributed by atoms with van der Waals surface area (Å²) in [5.74, 6) is -2.09. The number of amides is 1. The third kappa shape index (κ3) is 4.69. The summed E-state index contributed by atoms with van der Waals surface area (Å²) in [6.07, 6.45) is -4.70. The number of alkyl halides is 3. The number of anilines is 2. The van der Waals surface area contributed by atoms with E-state index < -0.39 is 18.1 Å². The zero-order valence-electron chi connectivity index (χ0n) is 19.7. The van der Waals surface area contributed by atoms with Crippen LogP contribution in [-0.2, 0) is 9.59 Å². The van der Waals surface area contributed by atoms with E-state index >= 15 is 0 Å². The molecule has 3 aromatic carbocycles. The molecule has 0 bridgehead atoms. The van der Waals surface area contributed by atoms with Gasteiger partial charge in [0.2, 0.25) is 0 Å². The summed E-state index contributed by atoms with van der Waals surface area (Å²) in [4.78, 5) is 27.4. The Hall–Kier alpha value is -3.78. The van der Waals surface area contributed by atoms with Crippen molar-refractivity contribution in [3.05, 3.63) is 100 Å². The highest BCUT2D eigenvalue weighted by Gasteiger charge is 2.49. The number of carbonyl (C=O) groups is 2. The van der Waals surface area contributed by atoms with Crippen LogP contribution in [0.2, 0.25) is 5.02 Å². The average molecular weight is 527 g/mol. The molecule has 0 radical (unpaired) electrons. The summed E-state index contributed by atoms with van der Waals surface area (Å²) >= 11 is 6.03. The Morgan fingerprint density at radius 1 is 0.973 bits per heavy atom. The van der Waals surface area contributed by atoms with E-state index in [0.29, 0.717) is 39.0 Å². The van der Waals surface area contributed by atoms with Gasteiger partial charge < -0.3 is 10.1 Å². The van der Waals surface area contributed by atoms with Gasteiger partial charge in [-0.15, -0.1) is 0 Å². The van der Waals surface area contributed by atoms with Gasteiger partial charge in [-0.1, -0.05) is 48.0 Å². The lowest BCUT2D eigenvalue weighted by atomic mass is 9.78. The second-order valence-corrected chi connectivity index (χ2v) is 9.40. The Kier molecular flexibility index (Phi) is 6.45. The van der Waals surface area contributed by atoms with Crippen molar-refractivity contribution >= 4 is 34.7 Å². The summed E-state index contributed by atoms with van der Waals surface area (Å²) in [7, 11) is 1.47. The van der Waals surface area contributed by atoms with Crippen LogP contribution in [0.3, 0.4) is 0 Å². The fourth-order valence-electron chi connectivity index (χ4n) is 5.02. The minimum Gasteiger partial charge on any atom is -0.497 e. The molecule has 1 heterocycles. The van der Waals surface area contributed by atoms with Gasteiger partial charge in [0.05, 0.1) is 24.5 Å². The molecule has 5 nitrogen and oxygen atoms in total. The number of benzene rings is 3. The van der Waals surface area contributed by atoms with Gasteiger partial charge in [0, 0.05) is 22.7 Å². The Morgan fingerprint density at radius 2 is 1.62 bits per heavy atom. The van der Waals surface area contributed by atoms with Crippen molar-refractivity contribution in [1.29, 1.82) is 0 Å². The highest BCUT2D eigenvalue weighted by atomic mass is 35.5. The highest BCUT2D eigenvalue weighted by Crippen LogP contribution is 2.48. The van der Waals surface area contributed by atoms with E-state index in [4.69, 9.17) is 16.3 Å². The second-order valence-electron chi connectivity index (χ2n) is 8.96. The van der Waals surface area contributed by atoms with Crippen molar-refractivity contribution in [2.45, 2.75) is 31.0 Å². The number of nitrogens with zero attached hydrogens (tertiary/aromatic N) is 1. The SMILES string of the molecule is COc1ccc([C@@H]2C3=C(C[C@@H](c4ccc(Cl)cc4)CC3=O)Nc3ccccc3N2C(=O)C(F)(F)F)cc1. The molecule has 1 amide bonds. The van der Waals surface area contributed by atoms with Gasteiger partial charge in [0.1, 0.15) is 5.75 Å². The number of halogens is 4. The number of rotatable bonds is 3. The first-order chi connectivity index (χ1) is 17.7. The van der Waals surface area contributed by atoms with Gasteiger partial charge in [-0.3, -0.25) is 14.5 Å². The number of hydrogen-bond acceptors (Lipinski definition) is 4. The predicted octanol–water partition coefficient (Wildman–Crippen LogP) is 6.81. The fourth-order valence-corrected chi connectivity index (χ4v) is 5.15. The van der Waals surface area contributed by atoms with E-state index in [-0.39, 0.29) is 29.4 Å². The van der Waals surface area contributed by atoms with Gasteiger partial charge in [-0.05, 0) is 59.9 Å². The molecule has 0 spiro atoms. The maximum atomic E-state index is 14.0. The first-order valence-corrected chi connectivity index (χ1v) is 12.0. The number of ketones is 1. The molecule has 0 aromatic heterocycles. The maximum absolute atomic E-state index is 14.0. The maximum Gasteiger partial charge on any atom is 0.471 e. The van der Waals surface area contributed by atoms with Crippen LogP contribution in [0.5, 0.6) is 5.75 Å². The van der Waals surface area contributed by atoms with E-state index in [1.807, 2.05) is 12.1 Å². The molecule has 1 aliphatic heterocycles. The second kappa shape index (κ2) is 9.59. The Balaban J connectivity index is 1.71. The van der Waals surface area contributed by atoms with Gasteiger partial charge in [-0.2, -0.15) is 13.2 Å². The zero-order valence-corrected chi connectivity index (χ0v) is 20.4. The number of nitrogens with one attached hydrogen (secondary N) is 1. The van der Waals surface area contributed by atoms with Gasteiger partial charge in [0.25, 0.3) is 0 Å². The topological polar surface area (TPSA) is 58.6 Å². The van der Waals surface area contributed by atoms with E-state index in [9.17, 15) is 22.8 Å². The quantitative estimate of drug-likeness (QED) is 0.407. The molecule has 0 fully saturated rings. The van der Waals surface area contributed by atoms with Crippen LogP contribution < -0.4 is 15.0 Å². The van der Waals surface area contributed by atoms with Crippen molar-refractivity contribution in [2.24, 2.45) is 0 Å². The third-order valence-electron chi connectivity index (χ3n) is 6.72. The molecule has 3 aromatic rings. The molecular formula is C28H22ClF3N2O3. The molecular weight excluding hydrogens is 505 g/mol. The average Bonchev–Trinajstić information content (AvgIpc) is 3.02. The zero-order chi connectivity index (χ0) is 26.3. The number of carbonyl (C=O) groups excluding carboxylic acids is 2. The van der Waals surface area contributed by atoms with E-state index in [2.05, 4.69) is 5.32 Å². The molecule has 0 saturated heterocycles. The number of para-hydroxylation sites is 2. The Bertz CT molecular complexity index is 1390. The lowest BCUT2D eigenvalue weighted by Crippen LogP contribution is -2.45. The molecule has 0 unspecified atom stereocenters. The van der Waals surface area contributed by atoms with Crippen molar-refractivity contribution in [3.63, 3.8) is 0 Å². The van der Waals surface area contributed by atoms with Crippen molar-refractivity contribution in [2.75, 3.05) is 17.3 Å².